The molecule has 3 saturated carbocycles. The molecule has 4 aliphatic rings. The molecular weight excluding hydrogens is 597 g/mol. The van der Waals surface area contributed by atoms with Gasteiger partial charge < -0.3 is 20.1 Å². The zero-order valence-electron chi connectivity index (χ0n) is 27.0. The number of carbonyl (C=O) groups excluding carboxylic acids is 2. The highest BCUT2D eigenvalue weighted by molar-refractivity contribution is 8.00. The first-order valence-electron chi connectivity index (χ1n) is 16.3. The van der Waals surface area contributed by atoms with E-state index in [4.69, 9.17) is 4.74 Å². The van der Waals surface area contributed by atoms with Crippen molar-refractivity contribution in [3.05, 3.63) is 33.1 Å². The van der Waals surface area contributed by atoms with Gasteiger partial charge in [-0.15, -0.1) is 18.3 Å². The van der Waals surface area contributed by atoms with Gasteiger partial charge in [0, 0.05) is 53.8 Å². The molecule has 44 heavy (non-hydrogen) atoms. The first kappa shape index (κ1) is 33.6. The summed E-state index contributed by atoms with van der Waals surface area (Å²) in [6, 6.07) is 0.0619. The highest BCUT2D eigenvalue weighted by Gasteiger charge is 2.68. The average Bonchev–Trinajstić information content (AvgIpc) is 3.61. The van der Waals surface area contributed by atoms with Gasteiger partial charge in [-0.25, -0.2) is 0 Å². The van der Waals surface area contributed by atoms with Gasteiger partial charge in [0.25, 0.3) is 10.9 Å². The maximum atomic E-state index is 13.6. The molecule has 0 radical (unpaired) electrons. The summed E-state index contributed by atoms with van der Waals surface area (Å²) in [7, 11) is 0. The topological polar surface area (TPSA) is 113 Å². The van der Waals surface area contributed by atoms with Crippen molar-refractivity contribution in [2.24, 2.45) is 34.0 Å². The molecule has 2 bridgehead atoms. The maximum absolute atomic E-state index is 13.6. The third kappa shape index (κ3) is 5.38. The smallest absolute Gasteiger partial charge is 0.316 e. The average molecular weight is 647 g/mol. The fourth-order valence-corrected chi connectivity index (χ4v) is 10.6. The Hall–Kier alpha value is -1.78. The van der Waals surface area contributed by atoms with Crippen LogP contribution in [-0.2, 0) is 14.3 Å². The van der Waals surface area contributed by atoms with Crippen molar-refractivity contribution in [3.8, 4) is 0 Å². The molecule has 1 aromatic rings. The zero-order chi connectivity index (χ0) is 32.0. The number of carbonyl (C=O) groups is 2. The summed E-state index contributed by atoms with van der Waals surface area (Å²) in [5.41, 5.74) is -1.43. The molecule has 10 heteroatoms. The number of hydrogen-bond acceptors (Lipinski definition) is 10. The van der Waals surface area contributed by atoms with Crippen molar-refractivity contribution >= 4 is 46.7 Å². The van der Waals surface area contributed by atoms with Gasteiger partial charge in [0.1, 0.15) is 23.3 Å². The minimum absolute atomic E-state index is 0.0619. The minimum atomic E-state index is -0.689. The number of ether oxygens (including phenoxy) is 1. The van der Waals surface area contributed by atoms with Crippen molar-refractivity contribution in [1.29, 1.82) is 0 Å². The molecule has 8 nitrogen and oxygen atoms in total. The van der Waals surface area contributed by atoms with E-state index in [-0.39, 0.29) is 46.7 Å². The molecule has 4 fully saturated rings. The SMILES string of the molecule is C=C[C@]1(C)C[C@@H](OC(=O)CSCC2CCCN2c2c(NCCSC)c(=O)c2=O)[C@]2(C)[C@H](C)CC[C@]3(CCC(=O)[C@H]32)[C@@H](C)[C@@H]1O. The lowest BCUT2D eigenvalue weighted by Crippen LogP contribution is -2.63. The Morgan fingerprint density at radius 2 is 1.93 bits per heavy atom. The third-order valence-electron chi connectivity index (χ3n) is 12.3. The van der Waals surface area contributed by atoms with Crippen LogP contribution in [-0.4, -0.2) is 71.7 Å². The summed E-state index contributed by atoms with van der Waals surface area (Å²) in [6.07, 6.45) is 7.98. The molecule has 244 valence electrons. The third-order valence-corrected chi connectivity index (χ3v) is 13.9. The molecule has 1 unspecified atom stereocenters. The number of nitrogens with one attached hydrogen (secondary N) is 1. The maximum Gasteiger partial charge on any atom is 0.316 e. The Bertz CT molecular complexity index is 1340. The van der Waals surface area contributed by atoms with E-state index in [1.165, 1.54) is 11.8 Å². The van der Waals surface area contributed by atoms with Crippen molar-refractivity contribution in [2.75, 3.05) is 46.8 Å². The molecule has 9 atom stereocenters. The summed E-state index contributed by atoms with van der Waals surface area (Å²) >= 11 is 3.17. The van der Waals surface area contributed by atoms with E-state index in [9.17, 15) is 24.3 Å². The van der Waals surface area contributed by atoms with Gasteiger partial charge in [-0.1, -0.05) is 33.8 Å². The predicted molar refractivity (Wildman–Crippen MR) is 181 cm³/mol. The lowest BCUT2D eigenvalue weighted by Gasteiger charge is -2.61. The van der Waals surface area contributed by atoms with E-state index >= 15 is 0 Å². The van der Waals surface area contributed by atoms with Gasteiger partial charge in [0.05, 0.1) is 11.9 Å². The Morgan fingerprint density at radius 3 is 2.64 bits per heavy atom. The number of ketones is 1. The normalized spacial score (nSPS) is 38.7. The number of esters is 1. The molecule has 1 aliphatic heterocycles. The molecule has 0 amide bonds. The monoisotopic (exact) mass is 646 g/mol. The zero-order valence-corrected chi connectivity index (χ0v) is 28.6. The molecule has 1 saturated heterocycles. The van der Waals surface area contributed by atoms with Crippen LogP contribution in [0.25, 0.3) is 0 Å². The largest absolute Gasteiger partial charge is 0.461 e. The van der Waals surface area contributed by atoms with Crippen molar-refractivity contribution in [3.63, 3.8) is 0 Å². The predicted octanol–water partition coefficient (Wildman–Crippen LogP) is 4.67. The van der Waals surface area contributed by atoms with Crippen molar-refractivity contribution in [2.45, 2.75) is 90.9 Å². The number of aliphatic hydroxyl groups excluding tert-OH is 1. The molecule has 0 aromatic heterocycles. The quantitative estimate of drug-likeness (QED) is 0.152. The highest BCUT2D eigenvalue weighted by Crippen LogP contribution is 2.68. The summed E-state index contributed by atoms with van der Waals surface area (Å²) < 4.78 is 6.39. The highest BCUT2D eigenvalue weighted by atomic mass is 32.2. The second-order valence-corrected chi connectivity index (χ2v) is 16.4. The molecule has 5 rings (SSSR count). The number of aliphatic hydroxyl groups is 1. The number of rotatable bonds is 11. The summed E-state index contributed by atoms with van der Waals surface area (Å²) in [5, 5.41) is 14.9. The Kier molecular flexibility index (Phi) is 9.76. The number of Topliss-reactive ketones (excluding diaryl/α,β-unsaturated/α-hetero) is 1. The van der Waals surface area contributed by atoms with Gasteiger partial charge in [-0.05, 0) is 62.0 Å². The van der Waals surface area contributed by atoms with Crippen LogP contribution >= 0.6 is 23.5 Å². The first-order chi connectivity index (χ1) is 20.9. The van der Waals surface area contributed by atoms with Gasteiger partial charge in [0.15, 0.2) is 0 Å². The van der Waals surface area contributed by atoms with Gasteiger partial charge in [-0.3, -0.25) is 19.2 Å². The number of nitrogens with zero attached hydrogens (tertiary/aromatic N) is 1. The van der Waals surface area contributed by atoms with Crippen LogP contribution in [0.2, 0.25) is 0 Å². The molecule has 1 aromatic carbocycles. The molecule has 0 spiro atoms. The first-order valence-corrected chi connectivity index (χ1v) is 18.8. The lowest BCUT2D eigenvalue weighted by atomic mass is 9.44. The summed E-state index contributed by atoms with van der Waals surface area (Å²) in [4.78, 5) is 54.0. The fourth-order valence-electron chi connectivity index (χ4n) is 9.37. The summed E-state index contributed by atoms with van der Waals surface area (Å²) in [5.74, 6) is 1.45. The van der Waals surface area contributed by atoms with Crippen LogP contribution in [0.3, 0.4) is 0 Å². The number of anilines is 2. The van der Waals surface area contributed by atoms with Crippen LogP contribution in [0.1, 0.15) is 72.6 Å². The van der Waals surface area contributed by atoms with Crippen molar-refractivity contribution < 1.29 is 19.4 Å². The van der Waals surface area contributed by atoms with E-state index in [0.29, 0.717) is 43.1 Å². The van der Waals surface area contributed by atoms with E-state index in [2.05, 4.69) is 32.7 Å². The Labute approximate surface area is 270 Å². The summed E-state index contributed by atoms with van der Waals surface area (Å²) in [6.45, 7) is 13.9. The molecular formula is C34H50N2O6S2. The lowest BCUT2D eigenvalue weighted by molar-refractivity contribution is -0.205. The van der Waals surface area contributed by atoms with Gasteiger partial charge in [-0.2, -0.15) is 11.8 Å². The van der Waals surface area contributed by atoms with Crippen LogP contribution in [0, 0.1) is 34.0 Å². The van der Waals surface area contributed by atoms with Crippen molar-refractivity contribution in [1.82, 2.24) is 0 Å². The standard InChI is InChI=1S/C34H50N2O6S2/c1-7-32(4)17-24(33(5)20(2)10-12-34(21(3)31(32)41)13-11-23(37)30(33)34)42-25(38)19-44-18-22-9-8-15-36(22)27-26(28(39)29(27)40)35-14-16-43-6/h7,20-22,24,30-31,35,41H,1,8-19H2,2-6H3/t20-,21+,22?,24-,30+,31+,32-,33+,34+/m1/s1. The number of thioether (sulfide) groups is 2. The molecule has 2 N–H and O–H groups in total. The fraction of sp³-hybridized carbons (Fsp3) is 0.765. The second kappa shape index (κ2) is 12.8. The van der Waals surface area contributed by atoms with E-state index in [1.807, 2.05) is 24.2 Å². The molecule has 3 aliphatic carbocycles. The Balaban J connectivity index is 1.30. The second-order valence-electron chi connectivity index (χ2n) is 14.4. The van der Waals surface area contributed by atoms with Crippen LogP contribution in [0.5, 0.6) is 0 Å². The van der Waals surface area contributed by atoms with Crippen LogP contribution < -0.4 is 21.1 Å². The van der Waals surface area contributed by atoms with E-state index in [0.717, 1.165) is 37.9 Å². The minimum Gasteiger partial charge on any atom is -0.461 e. The van der Waals surface area contributed by atoms with Gasteiger partial charge in [0.2, 0.25) is 0 Å². The van der Waals surface area contributed by atoms with E-state index < -0.39 is 33.9 Å². The van der Waals surface area contributed by atoms with Gasteiger partial charge >= 0.3 is 5.97 Å². The van der Waals surface area contributed by atoms with E-state index in [1.54, 1.807) is 11.8 Å². The van der Waals surface area contributed by atoms with Crippen LogP contribution in [0.4, 0.5) is 11.4 Å². The molecule has 1 heterocycles. The Morgan fingerprint density at radius 1 is 1.18 bits per heavy atom. The van der Waals surface area contributed by atoms with Crippen LogP contribution in [0.15, 0.2) is 22.2 Å². The number of hydrogen-bond donors (Lipinski definition) is 2.